The van der Waals surface area contributed by atoms with Crippen LogP contribution in [0.15, 0.2) is 12.7 Å². The van der Waals surface area contributed by atoms with Crippen molar-refractivity contribution in [1.82, 2.24) is 19.5 Å². The van der Waals surface area contributed by atoms with E-state index in [4.69, 9.17) is 29.4 Å². The lowest BCUT2D eigenvalue weighted by Gasteiger charge is -2.41. The van der Waals surface area contributed by atoms with E-state index in [-0.39, 0.29) is 17.0 Å². The number of ether oxygens (including phenoxy) is 2. The van der Waals surface area contributed by atoms with Gasteiger partial charge >= 0.3 is 15.2 Å². The van der Waals surface area contributed by atoms with Crippen molar-refractivity contribution in [2.75, 3.05) is 24.9 Å². The fourth-order valence-corrected chi connectivity index (χ4v) is 7.47. The van der Waals surface area contributed by atoms with Crippen molar-refractivity contribution in [2.24, 2.45) is 0 Å². The number of nitrogens with zero attached hydrogens (tertiary/aromatic N) is 4. The van der Waals surface area contributed by atoms with Crippen molar-refractivity contribution in [3.63, 3.8) is 0 Å². The van der Waals surface area contributed by atoms with Crippen LogP contribution in [0, 0.1) is 0 Å². The Hall–Kier alpha value is -1.71. The Morgan fingerprint density at radius 3 is 2.35 bits per heavy atom. The standard InChI is InChI=1S/C18H29N5O15P2/c19-15-8-16(21-3-20-15)23(4-22-8)17-12(29)9(26)7(36-17)2-35-39(31,32)5-40(33,34)38-18-13(30)10(27)11(28)14(37-18)6(25)1-24/h3-4,6-7,9-14,17-18,24-30H,1-2,5H2,(H,31,32)(H,33,34)(H2,19,20,21)/t6-,7-,9+,10+,11+,12?,13?,14?,17-,18?/m1/s1. The van der Waals surface area contributed by atoms with Crippen molar-refractivity contribution in [3.05, 3.63) is 12.7 Å². The summed E-state index contributed by atoms with van der Waals surface area (Å²) in [6.07, 6.45) is -15.3. The summed E-state index contributed by atoms with van der Waals surface area (Å²) in [5, 5.41) is 69.5. The molecule has 2 saturated heterocycles. The van der Waals surface area contributed by atoms with Gasteiger partial charge in [0, 0.05) is 0 Å². The molecule has 0 aromatic carbocycles. The number of nitrogens with two attached hydrogens (primary N) is 1. The molecule has 2 aliphatic heterocycles. The summed E-state index contributed by atoms with van der Waals surface area (Å²) in [6, 6.07) is 0. The second kappa shape index (κ2) is 11.9. The first-order chi connectivity index (χ1) is 18.7. The number of hydrogen-bond donors (Lipinski definition) is 10. The number of rotatable bonds is 10. The Bertz CT molecular complexity index is 1290. The van der Waals surface area contributed by atoms with Crippen LogP contribution in [0.2, 0.25) is 0 Å². The van der Waals surface area contributed by atoms with E-state index in [1.807, 2.05) is 0 Å². The summed E-state index contributed by atoms with van der Waals surface area (Å²) < 4.78 is 46.5. The lowest BCUT2D eigenvalue weighted by Crippen LogP contribution is -2.61. The molecule has 11 N–H and O–H groups in total. The van der Waals surface area contributed by atoms with Crippen LogP contribution in [0.5, 0.6) is 0 Å². The summed E-state index contributed by atoms with van der Waals surface area (Å²) in [4.78, 5) is 32.1. The molecule has 4 heterocycles. The third kappa shape index (κ3) is 6.36. The molecule has 0 spiro atoms. The van der Waals surface area contributed by atoms with Gasteiger partial charge in [0.25, 0.3) is 0 Å². The minimum atomic E-state index is -5.15. The Labute approximate surface area is 224 Å². The quantitative estimate of drug-likeness (QED) is 0.112. The Morgan fingerprint density at radius 2 is 1.68 bits per heavy atom. The van der Waals surface area contributed by atoms with Gasteiger partial charge in [-0.1, -0.05) is 0 Å². The molecule has 4 rings (SSSR count). The zero-order chi connectivity index (χ0) is 29.6. The number of aliphatic hydroxyl groups is 7. The van der Waals surface area contributed by atoms with Gasteiger partial charge in [0.15, 0.2) is 29.9 Å². The van der Waals surface area contributed by atoms with Gasteiger partial charge in [-0.15, -0.1) is 0 Å². The predicted molar refractivity (Wildman–Crippen MR) is 127 cm³/mol. The molecule has 6 unspecified atom stereocenters. The van der Waals surface area contributed by atoms with Crippen molar-refractivity contribution in [3.8, 4) is 0 Å². The van der Waals surface area contributed by atoms with Crippen LogP contribution < -0.4 is 5.73 Å². The highest BCUT2D eigenvalue weighted by Crippen LogP contribution is 2.59. The molecule has 20 nitrogen and oxygen atoms in total. The number of anilines is 1. The van der Waals surface area contributed by atoms with Crippen LogP contribution in [0.25, 0.3) is 11.2 Å². The Kier molecular flexibility index (Phi) is 9.28. The summed E-state index contributed by atoms with van der Waals surface area (Å²) in [5.41, 5.74) is 6.08. The molecule has 2 aromatic heterocycles. The SMILES string of the molecule is Nc1ncnc2c1ncn2[C@@H]1O[C@H](COP(=O)(O)CP(=O)(O)OC2OC([C@H](O)CO)[C@@H](O)[C@H](O)C2O)[C@H](O)C1O. The third-order valence-electron chi connectivity index (χ3n) is 6.24. The number of nitrogen functional groups attached to an aromatic ring is 1. The van der Waals surface area contributed by atoms with E-state index in [2.05, 4.69) is 15.0 Å². The van der Waals surface area contributed by atoms with Crippen molar-refractivity contribution < 1.29 is 73.2 Å². The highest BCUT2D eigenvalue weighted by Gasteiger charge is 2.50. The number of aromatic nitrogens is 4. The molecule has 0 radical (unpaired) electrons. The molecule has 2 aliphatic rings. The minimum absolute atomic E-state index is 0.0467. The van der Waals surface area contributed by atoms with Crippen LogP contribution in [-0.4, -0.2) is 139 Å². The van der Waals surface area contributed by atoms with E-state index in [0.717, 1.165) is 6.33 Å². The van der Waals surface area contributed by atoms with E-state index in [0.29, 0.717) is 0 Å². The third-order valence-corrected chi connectivity index (χ3v) is 10.2. The number of imidazole rings is 1. The lowest BCUT2D eigenvalue weighted by molar-refractivity contribution is -0.291. The molecule has 226 valence electrons. The molecule has 2 aromatic rings. The monoisotopic (exact) mass is 617 g/mol. The molecule has 0 amide bonds. The van der Waals surface area contributed by atoms with E-state index >= 15 is 0 Å². The van der Waals surface area contributed by atoms with Crippen molar-refractivity contribution in [2.45, 2.75) is 61.3 Å². The normalized spacial score (nSPS) is 36.8. The van der Waals surface area contributed by atoms with Crippen LogP contribution in [-0.2, 0) is 27.7 Å². The predicted octanol–water partition coefficient (Wildman–Crippen LogP) is -4.45. The molecule has 2 fully saturated rings. The molecule has 40 heavy (non-hydrogen) atoms. The van der Waals surface area contributed by atoms with Gasteiger partial charge in [0.1, 0.15) is 60.7 Å². The minimum Gasteiger partial charge on any atom is -0.394 e. The van der Waals surface area contributed by atoms with Gasteiger partial charge in [-0.05, 0) is 0 Å². The largest absolute Gasteiger partial charge is 0.394 e. The molecule has 0 aliphatic carbocycles. The maximum atomic E-state index is 12.6. The second-order valence-corrected chi connectivity index (χ2v) is 13.3. The number of aliphatic hydroxyl groups excluding tert-OH is 7. The van der Waals surface area contributed by atoms with Gasteiger partial charge in [-0.3, -0.25) is 18.2 Å². The highest BCUT2D eigenvalue weighted by molar-refractivity contribution is 7.70. The summed E-state index contributed by atoms with van der Waals surface area (Å²) in [7, 11) is -10.2. The summed E-state index contributed by atoms with van der Waals surface area (Å²) in [5.74, 6) is -1.51. The zero-order valence-electron chi connectivity index (χ0n) is 20.3. The first-order valence-electron chi connectivity index (χ1n) is 11.6. The summed E-state index contributed by atoms with van der Waals surface area (Å²) >= 11 is 0. The fourth-order valence-electron chi connectivity index (χ4n) is 4.19. The van der Waals surface area contributed by atoms with Crippen LogP contribution in [0.4, 0.5) is 5.82 Å². The van der Waals surface area contributed by atoms with E-state index in [1.165, 1.54) is 10.9 Å². The molecule has 22 heteroatoms. The molecular formula is C18H29N5O15P2. The highest BCUT2D eigenvalue weighted by atomic mass is 31.2. The van der Waals surface area contributed by atoms with E-state index in [9.17, 15) is 49.6 Å². The van der Waals surface area contributed by atoms with Crippen LogP contribution in [0.1, 0.15) is 6.23 Å². The number of fused-ring (bicyclic) bond motifs is 1. The van der Waals surface area contributed by atoms with Gasteiger partial charge in [-0.2, -0.15) is 0 Å². The topological polar surface area (TPSA) is 323 Å². The smallest absolute Gasteiger partial charge is 0.342 e. The Balaban J connectivity index is 1.38. The van der Waals surface area contributed by atoms with Crippen molar-refractivity contribution >= 4 is 32.2 Å². The lowest BCUT2D eigenvalue weighted by atomic mass is 9.96. The van der Waals surface area contributed by atoms with Gasteiger partial charge in [0.2, 0.25) is 0 Å². The first-order valence-corrected chi connectivity index (χ1v) is 15.1. The van der Waals surface area contributed by atoms with Crippen LogP contribution >= 0.6 is 15.2 Å². The van der Waals surface area contributed by atoms with E-state index < -0.39 is 95.7 Å². The fraction of sp³-hybridized carbons (Fsp3) is 0.722. The second-order valence-electron chi connectivity index (χ2n) is 9.14. The molecular weight excluding hydrogens is 588 g/mol. The molecule has 0 saturated carbocycles. The zero-order valence-corrected chi connectivity index (χ0v) is 22.1. The first kappa shape index (κ1) is 31.2. The van der Waals surface area contributed by atoms with Crippen LogP contribution in [0.3, 0.4) is 0 Å². The van der Waals surface area contributed by atoms with Gasteiger partial charge in [0.05, 0.1) is 19.5 Å². The van der Waals surface area contributed by atoms with E-state index in [1.54, 1.807) is 0 Å². The molecule has 12 atom stereocenters. The van der Waals surface area contributed by atoms with Gasteiger partial charge in [-0.25, -0.2) is 15.0 Å². The Morgan fingerprint density at radius 1 is 0.975 bits per heavy atom. The average Bonchev–Trinajstić information content (AvgIpc) is 3.43. The molecule has 0 bridgehead atoms. The maximum absolute atomic E-state index is 12.6. The summed E-state index contributed by atoms with van der Waals surface area (Å²) in [6.45, 7) is -1.79. The number of hydrogen-bond acceptors (Lipinski definition) is 17. The van der Waals surface area contributed by atoms with Crippen molar-refractivity contribution in [1.29, 1.82) is 0 Å². The van der Waals surface area contributed by atoms with Gasteiger partial charge < -0.3 is 65.3 Å². The maximum Gasteiger partial charge on any atom is 0.342 e. The average molecular weight is 617 g/mol.